The predicted octanol–water partition coefficient (Wildman–Crippen LogP) is -1.08. The predicted molar refractivity (Wildman–Crippen MR) is 53.4 cm³/mol. The van der Waals surface area contributed by atoms with E-state index < -0.39 is 10.0 Å². The third kappa shape index (κ3) is 1.77. The molecular formula is C7H8N6O2S. The molecule has 2 rings (SSSR count). The number of nitrogens with two attached hydrogens (primary N) is 1. The topological polar surface area (TPSA) is 117 Å². The highest BCUT2D eigenvalue weighted by Crippen LogP contribution is 2.16. The van der Waals surface area contributed by atoms with Crippen molar-refractivity contribution in [1.82, 2.24) is 25.0 Å². The molecule has 2 heterocycles. The molecule has 84 valence electrons. The van der Waals surface area contributed by atoms with Crippen molar-refractivity contribution in [2.24, 2.45) is 12.2 Å². The van der Waals surface area contributed by atoms with E-state index in [9.17, 15) is 8.42 Å². The van der Waals surface area contributed by atoms with Gasteiger partial charge in [0.25, 0.3) is 15.2 Å². The molecule has 0 aliphatic rings. The molecule has 0 saturated heterocycles. The Morgan fingerprint density at radius 2 is 2.06 bits per heavy atom. The van der Waals surface area contributed by atoms with Gasteiger partial charge in [-0.05, 0) is 6.07 Å². The highest BCUT2D eigenvalue weighted by molar-refractivity contribution is 7.89. The largest absolute Gasteiger partial charge is 0.300 e. The van der Waals surface area contributed by atoms with Crippen LogP contribution in [0.25, 0.3) is 11.4 Å². The lowest BCUT2D eigenvalue weighted by molar-refractivity contribution is 0.580. The van der Waals surface area contributed by atoms with E-state index in [0.29, 0.717) is 11.4 Å². The van der Waals surface area contributed by atoms with Gasteiger partial charge in [-0.3, -0.25) is 4.57 Å². The molecule has 0 aliphatic carbocycles. The summed E-state index contributed by atoms with van der Waals surface area (Å²) in [7, 11) is -2.36. The summed E-state index contributed by atoms with van der Waals surface area (Å²) in [5.41, 5.74) is 0.611. The number of primary sulfonamides is 1. The summed E-state index contributed by atoms with van der Waals surface area (Å²) in [5, 5.41) is 19.2. The highest BCUT2D eigenvalue weighted by atomic mass is 32.2. The van der Waals surface area contributed by atoms with Gasteiger partial charge in [0, 0.05) is 12.6 Å². The summed E-state index contributed by atoms with van der Waals surface area (Å²) >= 11 is 0. The fourth-order valence-electron chi connectivity index (χ4n) is 1.24. The molecule has 0 fully saturated rings. The summed E-state index contributed by atoms with van der Waals surface area (Å²) in [6.45, 7) is 0. The minimum atomic E-state index is -3.87. The molecule has 0 spiro atoms. The standard InChI is InChI=1S/C7H8N6O2S/c1-13-6(5-2-3-9-10-4-5)11-12-7(13)16(8,14)15/h2-4H,1H3,(H2,8,14,15). The number of aromatic nitrogens is 5. The monoisotopic (exact) mass is 240 g/mol. The third-order valence-corrected chi connectivity index (χ3v) is 2.80. The molecule has 9 heteroatoms. The zero-order valence-corrected chi connectivity index (χ0v) is 9.09. The van der Waals surface area contributed by atoms with Crippen LogP contribution in [-0.4, -0.2) is 33.4 Å². The maximum Gasteiger partial charge on any atom is 0.273 e. The van der Waals surface area contributed by atoms with Crippen LogP contribution in [0.4, 0.5) is 0 Å². The second-order valence-electron chi connectivity index (χ2n) is 3.04. The zero-order valence-electron chi connectivity index (χ0n) is 8.27. The Hall–Kier alpha value is -1.87. The maximum atomic E-state index is 11.1. The molecule has 0 saturated carbocycles. The minimum Gasteiger partial charge on any atom is -0.300 e. The SMILES string of the molecule is Cn1c(-c2ccnnc2)nnc1S(N)(=O)=O. The molecule has 0 aromatic carbocycles. The summed E-state index contributed by atoms with van der Waals surface area (Å²) < 4.78 is 23.5. The first-order chi connectivity index (χ1) is 7.50. The van der Waals surface area contributed by atoms with Crippen LogP contribution in [0.2, 0.25) is 0 Å². The van der Waals surface area contributed by atoms with Crippen molar-refractivity contribution in [3.63, 3.8) is 0 Å². The Morgan fingerprint density at radius 1 is 1.31 bits per heavy atom. The van der Waals surface area contributed by atoms with Crippen LogP contribution < -0.4 is 5.14 Å². The van der Waals surface area contributed by atoms with Gasteiger partial charge < -0.3 is 0 Å². The van der Waals surface area contributed by atoms with Crippen molar-refractivity contribution in [2.75, 3.05) is 0 Å². The molecule has 0 aliphatic heterocycles. The summed E-state index contributed by atoms with van der Waals surface area (Å²) in [5.74, 6) is 0.360. The van der Waals surface area contributed by atoms with Crippen molar-refractivity contribution in [3.05, 3.63) is 18.5 Å². The van der Waals surface area contributed by atoms with E-state index in [1.54, 1.807) is 6.07 Å². The van der Waals surface area contributed by atoms with E-state index in [4.69, 9.17) is 5.14 Å². The second kappa shape index (κ2) is 3.61. The van der Waals surface area contributed by atoms with Crippen LogP contribution in [-0.2, 0) is 17.1 Å². The number of nitrogens with zero attached hydrogens (tertiary/aromatic N) is 5. The molecule has 2 aromatic rings. The van der Waals surface area contributed by atoms with Crippen molar-refractivity contribution in [3.8, 4) is 11.4 Å². The van der Waals surface area contributed by atoms with Gasteiger partial charge in [0.15, 0.2) is 5.82 Å². The Balaban J connectivity index is 2.59. The van der Waals surface area contributed by atoms with Gasteiger partial charge in [-0.25, -0.2) is 13.6 Å². The average Bonchev–Trinajstić information content (AvgIpc) is 2.61. The molecular weight excluding hydrogens is 232 g/mol. The molecule has 2 aromatic heterocycles. The number of sulfonamides is 1. The Labute approximate surface area is 91.2 Å². The molecule has 8 nitrogen and oxygen atoms in total. The zero-order chi connectivity index (χ0) is 11.8. The average molecular weight is 240 g/mol. The Morgan fingerprint density at radius 3 is 2.56 bits per heavy atom. The van der Waals surface area contributed by atoms with Crippen LogP contribution in [0.15, 0.2) is 23.6 Å². The van der Waals surface area contributed by atoms with Gasteiger partial charge in [0.2, 0.25) is 0 Å². The number of rotatable bonds is 2. The molecule has 0 bridgehead atoms. The van der Waals surface area contributed by atoms with Gasteiger partial charge >= 0.3 is 0 Å². The highest BCUT2D eigenvalue weighted by Gasteiger charge is 2.19. The van der Waals surface area contributed by atoms with Crippen LogP contribution in [0.5, 0.6) is 0 Å². The fourth-order valence-corrected chi connectivity index (χ4v) is 1.86. The first kappa shape index (κ1) is 10.6. The first-order valence-corrected chi connectivity index (χ1v) is 5.74. The molecule has 16 heavy (non-hydrogen) atoms. The van der Waals surface area contributed by atoms with Crippen LogP contribution in [0.3, 0.4) is 0 Å². The number of hydrogen-bond acceptors (Lipinski definition) is 6. The summed E-state index contributed by atoms with van der Waals surface area (Å²) in [6.07, 6.45) is 2.93. The molecule has 0 unspecified atom stereocenters. The van der Waals surface area contributed by atoms with Gasteiger partial charge in [-0.1, -0.05) is 0 Å². The molecule has 0 amide bonds. The number of hydrogen-bond donors (Lipinski definition) is 1. The van der Waals surface area contributed by atoms with E-state index in [2.05, 4.69) is 20.4 Å². The van der Waals surface area contributed by atoms with Gasteiger partial charge in [-0.15, -0.1) is 10.2 Å². The summed E-state index contributed by atoms with van der Waals surface area (Å²) in [4.78, 5) is 0. The lowest BCUT2D eigenvalue weighted by Crippen LogP contribution is -2.17. The second-order valence-corrected chi connectivity index (χ2v) is 4.50. The maximum absolute atomic E-state index is 11.1. The first-order valence-electron chi connectivity index (χ1n) is 4.19. The minimum absolute atomic E-state index is 0.292. The van der Waals surface area contributed by atoms with Gasteiger partial charge in [-0.2, -0.15) is 10.2 Å². The van der Waals surface area contributed by atoms with Crippen molar-refractivity contribution in [2.45, 2.75) is 5.16 Å². The lowest BCUT2D eigenvalue weighted by Gasteiger charge is -2.00. The van der Waals surface area contributed by atoms with Gasteiger partial charge in [0.1, 0.15) is 0 Å². The van der Waals surface area contributed by atoms with E-state index >= 15 is 0 Å². The van der Waals surface area contributed by atoms with Crippen molar-refractivity contribution < 1.29 is 8.42 Å². The van der Waals surface area contributed by atoms with Crippen LogP contribution in [0.1, 0.15) is 0 Å². The fraction of sp³-hybridized carbons (Fsp3) is 0.143. The quantitative estimate of drug-likeness (QED) is 0.713. The third-order valence-electron chi connectivity index (χ3n) is 1.93. The van der Waals surface area contributed by atoms with Crippen LogP contribution in [0, 0.1) is 0 Å². The van der Waals surface area contributed by atoms with E-state index in [1.807, 2.05) is 0 Å². The Bertz CT molecular complexity index is 605. The van der Waals surface area contributed by atoms with E-state index in [-0.39, 0.29) is 5.16 Å². The van der Waals surface area contributed by atoms with Crippen molar-refractivity contribution in [1.29, 1.82) is 0 Å². The van der Waals surface area contributed by atoms with Crippen molar-refractivity contribution >= 4 is 10.0 Å². The van der Waals surface area contributed by atoms with E-state index in [0.717, 1.165) is 0 Å². The summed E-state index contributed by atoms with van der Waals surface area (Å²) in [6, 6.07) is 1.64. The smallest absolute Gasteiger partial charge is 0.273 e. The normalized spacial score (nSPS) is 11.6. The molecule has 2 N–H and O–H groups in total. The lowest BCUT2D eigenvalue weighted by atomic mass is 10.3. The van der Waals surface area contributed by atoms with Gasteiger partial charge in [0.05, 0.1) is 12.4 Å². The Kier molecular flexibility index (Phi) is 2.40. The molecule has 0 radical (unpaired) electrons. The van der Waals surface area contributed by atoms with E-state index in [1.165, 1.54) is 24.0 Å². The molecule has 0 atom stereocenters. The van der Waals surface area contributed by atoms with Crippen LogP contribution >= 0.6 is 0 Å².